The van der Waals surface area contributed by atoms with Gasteiger partial charge in [0.05, 0.1) is 18.6 Å². The number of benzene rings is 1. The van der Waals surface area contributed by atoms with Gasteiger partial charge in [0.2, 0.25) is 11.8 Å². The fraction of sp³-hybridized carbons (Fsp3) is 0.565. The minimum absolute atomic E-state index is 0.00504. The Morgan fingerprint density at radius 1 is 1.28 bits per heavy atom. The molecule has 3 heterocycles. The van der Waals surface area contributed by atoms with Crippen LogP contribution in [0.2, 0.25) is 0 Å². The highest BCUT2D eigenvalue weighted by atomic mass is 16.5. The number of hydrogen-bond acceptors (Lipinski definition) is 4. The lowest BCUT2D eigenvalue weighted by Gasteiger charge is -2.35. The number of rotatable bonds is 5. The molecule has 4 rings (SSSR count). The van der Waals surface area contributed by atoms with E-state index in [2.05, 4.69) is 18.3 Å². The highest BCUT2D eigenvalue weighted by Gasteiger charge is 2.71. The lowest BCUT2D eigenvalue weighted by Crippen LogP contribution is -2.57. The van der Waals surface area contributed by atoms with Crippen molar-refractivity contribution in [3.8, 4) is 5.75 Å². The lowest BCUT2D eigenvalue weighted by molar-refractivity contribution is -0.142. The van der Waals surface area contributed by atoms with E-state index in [-0.39, 0.29) is 17.7 Å². The van der Waals surface area contributed by atoms with Crippen LogP contribution in [-0.4, -0.2) is 46.6 Å². The van der Waals surface area contributed by atoms with E-state index in [9.17, 15) is 9.59 Å². The Hall–Kier alpha value is -2.34. The van der Waals surface area contributed by atoms with Gasteiger partial charge < -0.3 is 19.7 Å². The molecule has 2 saturated heterocycles. The van der Waals surface area contributed by atoms with Crippen LogP contribution in [-0.2, 0) is 20.9 Å². The second kappa shape index (κ2) is 6.59. The molecule has 4 atom stereocenters. The summed E-state index contributed by atoms with van der Waals surface area (Å²) in [5, 5.41) is 3.07. The molecule has 1 spiro atoms. The molecule has 3 aliphatic heterocycles. The molecule has 29 heavy (non-hydrogen) atoms. The van der Waals surface area contributed by atoms with E-state index < -0.39 is 22.8 Å². The molecule has 1 N–H and O–H groups in total. The molecular formula is C23H30N2O4. The second-order valence-electron chi connectivity index (χ2n) is 9.42. The van der Waals surface area contributed by atoms with Crippen molar-refractivity contribution < 1.29 is 19.1 Å². The monoisotopic (exact) mass is 398 g/mol. The number of fused-ring (bicyclic) bond motifs is 1. The van der Waals surface area contributed by atoms with Gasteiger partial charge in [0.25, 0.3) is 0 Å². The molecule has 1 aromatic rings. The first-order valence-electron chi connectivity index (χ1n) is 10.3. The first-order valence-corrected chi connectivity index (χ1v) is 10.3. The molecule has 1 unspecified atom stereocenters. The fourth-order valence-electron chi connectivity index (χ4n) is 4.91. The third-order valence-corrected chi connectivity index (χ3v) is 6.30. The summed E-state index contributed by atoms with van der Waals surface area (Å²) in [5.74, 6) is 0.269. The van der Waals surface area contributed by atoms with Gasteiger partial charge in [0.15, 0.2) is 0 Å². The maximum atomic E-state index is 13.4. The minimum Gasteiger partial charge on any atom is -0.497 e. The average Bonchev–Trinajstić information content (AvgIpc) is 3.27. The highest BCUT2D eigenvalue weighted by molar-refractivity contribution is 5.96. The van der Waals surface area contributed by atoms with Crippen molar-refractivity contribution in [3.05, 3.63) is 42.0 Å². The van der Waals surface area contributed by atoms with Gasteiger partial charge in [-0.1, -0.05) is 31.2 Å². The summed E-state index contributed by atoms with van der Waals surface area (Å²) in [4.78, 5) is 28.5. The average molecular weight is 399 g/mol. The van der Waals surface area contributed by atoms with Gasteiger partial charge in [-0.15, -0.1) is 0 Å². The number of nitrogens with one attached hydrogen (secondary N) is 1. The molecule has 0 saturated carbocycles. The lowest BCUT2D eigenvalue weighted by atomic mass is 9.77. The van der Waals surface area contributed by atoms with Crippen molar-refractivity contribution in [2.45, 2.75) is 69.9 Å². The number of likely N-dealkylation sites (tertiary alicyclic amines) is 1. The SMILES string of the molecule is CC[C@@]12C=C[C@]3(O1)C(C(=O)NC(C)(C)C)N(Cc1ccc(OC)cc1)C(=O)[C@H]3C2. The van der Waals surface area contributed by atoms with Gasteiger partial charge in [-0.05, 0) is 51.3 Å². The van der Waals surface area contributed by atoms with E-state index in [0.717, 1.165) is 17.7 Å². The van der Waals surface area contributed by atoms with Gasteiger partial charge in [-0.2, -0.15) is 0 Å². The van der Waals surface area contributed by atoms with Crippen LogP contribution in [0.5, 0.6) is 5.75 Å². The summed E-state index contributed by atoms with van der Waals surface area (Å²) >= 11 is 0. The fourth-order valence-corrected chi connectivity index (χ4v) is 4.91. The summed E-state index contributed by atoms with van der Waals surface area (Å²) in [6.45, 7) is 8.26. The van der Waals surface area contributed by atoms with Crippen molar-refractivity contribution in [1.82, 2.24) is 10.2 Å². The van der Waals surface area contributed by atoms with Crippen LogP contribution < -0.4 is 10.1 Å². The summed E-state index contributed by atoms with van der Waals surface area (Å²) in [6.07, 6.45) is 5.47. The number of amides is 2. The van der Waals surface area contributed by atoms with Crippen LogP contribution in [0.4, 0.5) is 0 Å². The van der Waals surface area contributed by atoms with Crippen molar-refractivity contribution in [3.63, 3.8) is 0 Å². The van der Waals surface area contributed by atoms with Gasteiger partial charge in [0, 0.05) is 12.1 Å². The summed E-state index contributed by atoms with van der Waals surface area (Å²) in [7, 11) is 1.62. The normalized spacial score (nSPS) is 32.6. The number of hydrogen-bond donors (Lipinski definition) is 1. The van der Waals surface area contributed by atoms with Crippen LogP contribution in [0, 0.1) is 5.92 Å². The molecule has 2 fully saturated rings. The predicted molar refractivity (Wildman–Crippen MR) is 109 cm³/mol. The zero-order valence-electron chi connectivity index (χ0n) is 17.8. The van der Waals surface area contributed by atoms with Gasteiger partial charge in [-0.3, -0.25) is 9.59 Å². The van der Waals surface area contributed by atoms with Gasteiger partial charge >= 0.3 is 0 Å². The third-order valence-electron chi connectivity index (χ3n) is 6.30. The molecule has 2 bridgehead atoms. The smallest absolute Gasteiger partial charge is 0.246 e. The maximum absolute atomic E-state index is 13.4. The number of nitrogens with zero attached hydrogens (tertiary/aromatic N) is 1. The zero-order chi connectivity index (χ0) is 21.0. The van der Waals surface area contributed by atoms with Crippen LogP contribution in [0.3, 0.4) is 0 Å². The van der Waals surface area contributed by atoms with Crippen molar-refractivity contribution >= 4 is 11.8 Å². The van der Waals surface area contributed by atoms with Crippen molar-refractivity contribution in [2.75, 3.05) is 7.11 Å². The Kier molecular flexibility index (Phi) is 4.53. The van der Waals surface area contributed by atoms with E-state index in [1.807, 2.05) is 51.1 Å². The molecule has 6 heteroatoms. The van der Waals surface area contributed by atoms with Gasteiger partial charge in [0.1, 0.15) is 17.4 Å². The van der Waals surface area contributed by atoms with Crippen molar-refractivity contribution in [1.29, 1.82) is 0 Å². The Balaban J connectivity index is 1.69. The molecular weight excluding hydrogens is 368 g/mol. The first kappa shape index (κ1) is 20.0. The first-order chi connectivity index (χ1) is 13.6. The second-order valence-corrected chi connectivity index (χ2v) is 9.42. The van der Waals surface area contributed by atoms with E-state index in [1.54, 1.807) is 12.0 Å². The van der Waals surface area contributed by atoms with Gasteiger partial charge in [-0.25, -0.2) is 0 Å². The van der Waals surface area contributed by atoms with Crippen LogP contribution >= 0.6 is 0 Å². The highest BCUT2D eigenvalue weighted by Crippen LogP contribution is 2.57. The topological polar surface area (TPSA) is 67.9 Å². The predicted octanol–water partition coefficient (Wildman–Crippen LogP) is 2.81. The summed E-state index contributed by atoms with van der Waals surface area (Å²) in [6, 6.07) is 6.91. The maximum Gasteiger partial charge on any atom is 0.246 e. The minimum atomic E-state index is -0.880. The molecule has 6 nitrogen and oxygen atoms in total. The Morgan fingerprint density at radius 3 is 2.55 bits per heavy atom. The van der Waals surface area contributed by atoms with E-state index >= 15 is 0 Å². The summed E-state index contributed by atoms with van der Waals surface area (Å²) in [5.41, 5.74) is -0.752. The van der Waals surface area contributed by atoms with E-state index in [1.165, 1.54) is 0 Å². The zero-order valence-corrected chi connectivity index (χ0v) is 17.8. The van der Waals surface area contributed by atoms with E-state index in [0.29, 0.717) is 13.0 Å². The molecule has 0 aliphatic carbocycles. The number of carbonyl (C=O) groups is 2. The Labute approximate surface area is 172 Å². The molecule has 0 radical (unpaired) electrons. The standard InChI is InChI=1S/C23H30N2O4/c1-6-22-11-12-23(29-22)17(13-22)20(27)25(18(23)19(26)24-21(2,3)4)14-15-7-9-16(28-5)10-8-15/h7-12,17-18H,6,13-14H2,1-5H3,(H,24,26)/t17-,18?,22+,23-/m1/s1. The number of carbonyl (C=O) groups excluding carboxylic acids is 2. The molecule has 1 aromatic carbocycles. The van der Waals surface area contributed by atoms with Crippen LogP contribution in [0.25, 0.3) is 0 Å². The molecule has 0 aromatic heterocycles. The van der Waals surface area contributed by atoms with E-state index in [4.69, 9.17) is 9.47 Å². The molecule has 156 valence electrons. The van der Waals surface area contributed by atoms with Crippen LogP contribution in [0.1, 0.15) is 46.1 Å². The number of ether oxygens (including phenoxy) is 2. The quantitative estimate of drug-likeness (QED) is 0.775. The van der Waals surface area contributed by atoms with Crippen LogP contribution in [0.15, 0.2) is 36.4 Å². The Morgan fingerprint density at radius 2 is 1.97 bits per heavy atom. The number of methoxy groups -OCH3 is 1. The third kappa shape index (κ3) is 3.14. The molecule has 2 amide bonds. The largest absolute Gasteiger partial charge is 0.497 e. The van der Waals surface area contributed by atoms with Crippen molar-refractivity contribution in [2.24, 2.45) is 5.92 Å². The Bertz CT molecular complexity index is 857. The molecule has 3 aliphatic rings. The summed E-state index contributed by atoms with van der Waals surface area (Å²) < 4.78 is 11.7.